The van der Waals surface area contributed by atoms with Crippen LogP contribution in [0.25, 0.3) is 0 Å². The van der Waals surface area contributed by atoms with E-state index in [-0.39, 0.29) is 16.5 Å². The summed E-state index contributed by atoms with van der Waals surface area (Å²) < 4.78 is 6.04. The van der Waals surface area contributed by atoms with Crippen LogP contribution in [0.2, 0.25) is 0 Å². The molecular formula is C21H26N2O3. The molecule has 0 saturated carbocycles. The number of nitro groups is 1. The van der Waals surface area contributed by atoms with Crippen molar-refractivity contribution < 1.29 is 9.66 Å². The molecule has 0 radical (unpaired) electrons. The van der Waals surface area contributed by atoms with Gasteiger partial charge in [-0.25, -0.2) is 4.99 Å². The second kappa shape index (κ2) is 7.28. The second-order valence-electron chi connectivity index (χ2n) is 8.32. The highest BCUT2D eigenvalue weighted by molar-refractivity contribution is 5.86. The van der Waals surface area contributed by atoms with Crippen LogP contribution in [-0.4, -0.2) is 10.8 Å². The van der Waals surface area contributed by atoms with Crippen LogP contribution in [0, 0.1) is 15.5 Å². The van der Waals surface area contributed by atoms with Gasteiger partial charge >= 0.3 is 0 Å². The first-order chi connectivity index (χ1) is 12.0. The smallest absolute Gasteiger partial charge is 0.269 e. The summed E-state index contributed by atoms with van der Waals surface area (Å²) in [4.78, 5) is 14.9. The molecular weight excluding hydrogens is 328 g/mol. The fourth-order valence-electron chi connectivity index (χ4n) is 2.24. The highest BCUT2D eigenvalue weighted by atomic mass is 16.6. The second-order valence-corrected chi connectivity index (χ2v) is 8.32. The van der Waals surface area contributed by atoms with Crippen LogP contribution in [0.3, 0.4) is 0 Å². The molecule has 138 valence electrons. The number of aliphatic imine (C=N–C) groups is 1. The number of non-ortho nitro benzene ring substituents is 1. The van der Waals surface area contributed by atoms with Crippen molar-refractivity contribution >= 4 is 17.3 Å². The number of ether oxygens (including phenoxy) is 1. The fraction of sp³-hybridized carbons (Fsp3) is 0.381. The lowest BCUT2D eigenvalue weighted by atomic mass is 9.87. The van der Waals surface area contributed by atoms with Crippen LogP contribution in [0.15, 0.2) is 53.5 Å². The van der Waals surface area contributed by atoms with Crippen LogP contribution in [0.1, 0.15) is 47.1 Å². The van der Waals surface area contributed by atoms with Crippen LogP contribution < -0.4 is 4.74 Å². The van der Waals surface area contributed by atoms with Crippen molar-refractivity contribution in [3.8, 4) is 5.75 Å². The third kappa shape index (κ3) is 5.15. The summed E-state index contributed by atoms with van der Waals surface area (Å²) in [5.74, 6) is 1.27. The molecule has 5 nitrogen and oxygen atoms in total. The van der Waals surface area contributed by atoms with Gasteiger partial charge < -0.3 is 4.74 Å². The number of nitrogens with zero attached hydrogens (tertiary/aromatic N) is 2. The minimum absolute atomic E-state index is 0.0416. The van der Waals surface area contributed by atoms with Crippen LogP contribution in [0.4, 0.5) is 11.4 Å². The van der Waals surface area contributed by atoms with Crippen molar-refractivity contribution in [2.75, 3.05) is 0 Å². The van der Waals surface area contributed by atoms with Gasteiger partial charge in [-0.1, -0.05) is 53.7 Å². The van der Waals surface area contributed by atoms with Gasteiger partial charge in [0.1, 0.15) is 5.75 Å². The van der Waals surface area contributed by atoms with Gasteiger partial charge in [-0.15, -0.1) is 0 Å². The molecule has 0 aromatic heterocycles. The van der Waals surface area contributed by atoms with E-state index in [2.05, 4.69) is 37.9 Å². The molecule has 0 spiro atoms. The van der Waals surface area contributed by atoms with E-state index in [0.717, 1.165) is 0 Å². The molecule has 5 heteroatoms. The summed E-state index contributed by atoms with van der Waals surface area (Å²) in [7, 11) is 0. The van der Waals surface area contributed by atoms with E-state index in [1.807, 2.05) is 32.9 Å². The molecule has 0 atom stereocenters. The largest absolute Gasteiger partial charge is 0.442 e. The summed E-state index contributed by atoms with van der Waals surface area (Å²) in [5, 5.41) is 10.8. The van der Waals surface area contributed by atoms with Gasteiger partial charge in [-0.05, 0) is 35.2 Å². The first-order valence-corrected chi connectivity index (χ1v) is 8.59. The summed E-state index contributed by atoms with van der Waals surface area (Å²) >= 11 is 0. The Bertz CT molecular complexity index is 793. The van der Waals surface area contributed by atoms with Gasteiger partial charge in [0.05, 0.1) is 10.6 Å². The molecule has 0 saturated heterocycles. The molecule has 0 aliphatic carbocycles. The van der Waals surface area contributed by atoms with Crippen molar-refractivity contribution in [3.05, 3.63) is 64.2 Å². The number of benzene rings is 2. The van der Waals surface area contributed by atoms with E-state index in [1.165, 1.54) is 17.7 Å². The number of nitro benzene ring substituents is 1. The van der Waals surface area contributed by atoms with Crippen LogP contribution in [0.5, 0.6) is 5.75 Å². The Hall–Kier alpha value is -2.69. The van der Waals surface area contributed by atoms with E-state index in [0.29, 0.717) is 17.3 Å². The number of hydrogen-bond donors (Lipinski definition) is 0. The maximum absolute atomic E-state index is 10.8. The first-order valence-electron chi connectivity index (χ1n) is 8.59. The van der Waals surface area contributed by atoms with Crippen molar-refractivity contribution in [2.45, 2.75) is 47.0 Å². The normalized spacial score (nSPS) is 12.8. The monoisotopic (exact) mass is 354 g/mol. The predicted octanol–water partition coefficient (Wildman–Crippen LogP) is 6.05. The van der Waals surface area contributed by atoms with E-state index >= 15 is 0 Å². The summed E-state index contributed by atoms with van der Waals surface area (Å²) in [5.41, 5.74) is 1.66. The zero-order valence-corrected chi connectivity index (χ0v) is 16.2. The SMILES string of the molecule is CC(C)(C)C(=Nc1ccc([N+](=O)[O-])cc1)Oc1ccc(C(C)(C)C)cc1. The van der Waals surface area contributed by atoms with Crippen molar-refractivity contribution in [1.82, 2.24) is 0 Å². The third-order valence-electron chi connectivity index (χ3n) is 3.87. The highest BCUT2D eigenvalue weighted by Crippen LogP contribution is 2.28. The Balaban J connectivity index is 2.29. The van der Waals surface area contributed by atoms with E-state index in [4.69, 9.17) is 4.74 Å². The molecule has 0 aliphatic heterocycles. The molecule has 0 unspecified atom stereocenters. The predicted molar refractivity (Wildman–Crippen MR) is 105 cm³/mol. The average molecular weight is 354 g/mol. The lowest BCUT2D eigenvalue weighted by Crippen LogP contribution is -2.26. The summed E-state index contributed by atoms with van der Waals surface area (Å²) in [6, 6.07) is 14.1. The molecule has 0 fully saturated rings. The van der Waals surface area contributed by atoms with Crippen molar-refractivity contribution in [1.29, 1.82) is 0 Å². The van der Waals surface area contributed by atoms with Gasteiger partial charge in [-0.2, -0.15) is 0 Å². The summed E-state index contributed by atoms with van der Waals surface area (Å²) in [6.07, 6.45) is 0. The van der Waals surface area contributed by atoms with Crippen LogP contribution >= 0.6 is 0 Å². The lowest BCUT2D eigenvalue weighted by Gasteiger charge is -2.23. The molecule has 0 aliphatic rings. The lowest BCUT2D eigenvalue weighted by molar-refractivity contribution is -0.384. The fourth-order valence-corrected chi connectivity index (χ4v) is 2.24. The van der Waals surface area contributed by atoms with Gasteiger partial charge in [0.25, 0.3) is 5.69 Å². The Labute approximate surface area is 154 Å². The van der Waals surface area contributed by atoms with Gasteiger partial charge in [0.2, 0.25) is 5.90 Å². The Morgan fingerprint density at radius 2 is 1.46 bits per heavy atom. The van der Waals surface area contributed by atoms with E-state index < -0.39 is 4.92 Å². The van der Waals surface area contributed by atoms with Gasteiger partial charge in [-0.3, -0.25) is 10.1 Å². The Kier molecular flexibility index (Phi) is 5.50. The molecule has 26 heavy (non-hydrogen) atoms. The molecule has 2 aromatic rings. The average Bonchev–Trinajstić information content (AvgIpc) is 2.53. The topological polar surface area (TPSA) is 64.7 Å². The molecule has 0 bridgehead atoms. The Morgan fingerprint density at radius 1 is 0.923 bits per heavy atom. The highest BCUT2D eigenvalue weighted by Gasteiger charge is 2.22. The zero-order valence-electron chi connectivity index (χ0n) is 16.2. The van der Waals surface area contributed by atoms with Crippen LogP contribution in [-0.2, 0) is 5.41 Å². The van der Waals surface area contributed by atoms with Gasteiger partial charge in [0.15, 0.2) is 0 Å². The minimum atomic E-state index is -0.425. The van der Waals surface area contributed by atoms with Gasteiger partial charge in [0, 0.05) is 17.5 Å². The Morgan fingerprint density at radius 3 is 1.88 bits per heavy atom. The maximum Gasteiger partial charge on any atom is 0.269 e. The quantitative estimate of drug-likeness (QED) is 0.292. The molecule has 2 aromatic carbocycles. The number of rotatable bonds is 3. The van der Waals surface area contributed by atoms with E-state index in [9.17, 15) is 10.1 Å². The maximum atomic E-state index is 10.8. The minimum Gasteiger partial charge on any atom is -0.442 e. The van der Waals surface area contributed by atoms with E-state index in [1.54, 1.807) is 12.1 Å². The summed E-state index contributed by atoms with van der Waals surface area (Å²) in [6.45, 7) is 12.5. The standard InChI is InChI=1S/C21H26N2O3/c1-20(2,3)15-7-13-18(14-8-15)26-19(21(4,5)6)22-16-9-11-17(12-10-16)23(24)25/h7-14H,1-6H3. The first kappa shape index (κ1) is 19.6. The molecule has 0 heterocycles. The molecule has 0 N–H and O–H groups in total. The van der Waals surface area contributed by atoms with Crippen molar-refractivity contribution in [3.63, 3.8) is 0 Å². The zero-order chi connectivity index (χ0) is 19.5. The number of hydrogen-bond acceptors (Lipinski definition) is 4. The van der Waals surface area contributed by atoms with Crippen molar-refractivity contribution in [2.24, 2.45) is 10.4 Å². The molecule has 0 amide bonds. The third-order valence-corrected chi connectivity index (χ3v) is 3.87. The molecule has 2 rings (SSSR count).